The molecule has 0 N–H and O–H groups in total. The Morgan fingerprint density at radius 1 is 0.267 bits per heavy atom. The molecule has 0 aliphatic rings. The van der Waals surface area contributed by atoms with Gasteiger partial charge in [-0.25, -0.2) is 0 Å². The molecule has 0 fully saturated rings. The van der Waals surface area contributed by atoms with Crippen molar-refractivity contribution in [1.29, 1.82) is 0 Å². The molecule has 0 aliphatic heterocycles. The standard InChI is InChI=1S/C69H126O6/c1-4-7-10-13-16-19-22-24-26-28-29-30-31-32-33-34-35-36-37-38-39-40-41-42-44-45-47-50-53-56-59-62-68(71)74-65-66(64-73-67(70)61-58-55-52-49-21-18-15-12-9-6-3)75-69(72)63-60-57-54-51-48-46-43-27-25-23-20-17-14-11-8-5-2/h20,22-24,27-29,43,66H,4-19,21,25-26,30-42,44-65H2,1-3H3/b23-20-,24-22-,29-28-,43-27-. The van der Waals surface area contributed by atoms with Gasteiger partial charge in [0.2, 0.25) is 0 Å². The van der Waals surface area contributed by atoms with E-state index in [0.717, 1.165) is 89.9 Å². The van der Waals surface area contributed by atoms with Crippen molar-refractivity contribution >= 4 is 17.9 Å². The van der Waals surface area contributed by atoms with Gasteiger partial charge in [0.1, 0.15) is 13.2 Å². The van der Waals surface area contributed by atoms with Gasteiger partial charge in [0, 0.05) is 19.3 Å². The lowest BCUT2D eigenvalue weighted by molar-refractivity contribution is -0.167. The molecule has 0 saturated carbocycles. The lowest BCUT2D eigenvalue weighted by Gasteiger charge is -2.18. The zero-order valence-corrected chi connectivity index (χ0v) is 50.3. The monoisotopic (exact) mass is 1050 g/mol. The molecule has 0 amide bonds. The molecule has 0 aliphatic carbocycles. The molecule has 0 spiro atoms. The average Bonchev–Trinajstić information content (AvgIpc) is 3.41. The maximum Gasteiger partial charge on any atom is 0.306 e. The zero-order valence-electron chi connectivity index (χ0n) is 50.3. The van der Waals surface area contributed by atoms with Crippen molar-refractivity contribution in [3.63, 3.8) is 0 Å². The Kier molecular flexibility index (Phi) is 61.7. The third kappa shape index (κ3) is 62.1. The van der Waals surface area contributed by atoms with Crippen LogP contribution in [0.25, 0.3) is 0 Å². The molecule has 75 heavy (non-hydrogen) atoms. The first-order valence-electron chi connectivity index (χ1n) is 33.1. The molecule has 0 heterocycles. The molecule has 0 aromatic carbocycles. The maximum atomic E-state index is 12.9. The van der Waals surface area contributed by atoms with E-state index in [1.807, 2.05) is 0 Å². The lowest BCUT2D eigenvalue weighted by Crippen LogP contribution is -2.30. The van der Waals surface area contributed by atoms with Gasteiger partial charge in [-0.2, -0.15) is 0 Å². The fourth-order valence-corrected chi connectivity index (χ4v) is 9.80. The first-order valence-corrected chi connectivity index (χ1v) is 33.1. The Balaban J connectivity index is 4.10. The number of hydrogen-bond acceptors (Lipinski definition) is 6. The summed E-state index contributed by atoms with van der Waals surface area (Å²) < 4.78 is 16.9. The van der Waals surface area contributed by atoms with E-state index >= 15 is 0 Å². The number of rotatable bonds is 61. The molecule has 0 rings (SSSR count). The molecular weight excluding hydrogens is 925 g/mol. The van der Waals surface area contributed by atoms with Gasteiger partial charge in [-0.15, -0.1) is 0 Å². The van der Waals surface area contributed by atoms with E-state index in [4.69, 9.17) is 14.2 Å². The van der Waals surface area contributed by atoms with Gasteiger partial charge in [0.25, 0.3) is 0 Å². The molecule has 438 valence electrons. The van der Waals surface area contributed by atoms with Crippen LogP contribution in [0.4, 0.5) is 0 Å². The number of unbranched alkanes of at least 4 members (excludes halogenated alkanes) is 42. The SMILES string of the molecule is CCCCCC/C=C\C/C=C\CCCCCCCC(=O)OC(COC(=O)CCCCCCCCCCCC)COC(=O)CCCCCCCCCCCCCCCCCCCCC/C=C\C/C=C\CCCCCCC. The normalized spacial score (nSPS) is 12.3. The topological polar surface area (TPSA) is 78.9 Å². The van der Waals surface area contributed by atoms with Crippen LogP contribution in [0.2, 0.25) is 0 Å². The van der Waals surface area contributed by atoms with Crippen molar-refractivity contribution in [1.82, 2.24) is 0 Å². The summed E-state index contributed by atoms with van der Waals surface area (Å²) in [7, 11) is 0. The van der Waals surface area contributed by atoms with Gasteiger partial charge in [0.05, 0.1) is 0 Å². The quantitative estimate of drug-likeness (QED) is 0.0261. The Hall–Kier alpha value is -2.63. The highest BCUT2D eigenvalue weighted by atomic mass is 16.6. The predicted molar refractivity (Wildman–Crippen MR) is 325 cm³/mol. The van der Waals surface area contributed by atoms with E-state index in [9.17, 15) is 14.4 Å². The summed E-state index contributed by atoms with van der Waals surface area (Å²) in [6.45, 7) is 6.63. The fourth-order valence-electron chi connectivity index (χ4n) is 9.80. The van der Waals surface area contributed by atoms with Gasteiger partial charge in [-0.05, 0) is 83.5 Å². The summed E-state index contributed by atoms with van der Waals surface area (Å²) in [5.41, 5.74) is 0. The average molecular weight is 1050 g/mol. The second kappa shape index (κ2) is 63.9. The van der Waals surface area contributed by atoms with Crippen molar-refractivity contribution in [2.45, 2.75) is 361 Å². The molecular formula is C69H126O6. The minimum absolute atomic E-state index is 0.0742. The summed E-state index contributed by atoms with van der Waals surface area (Å²) in [4.78, 5) is 38.2. The van der Waals surface area contributed by atoms with E-state index in [-0.39, 0.29) is 31.1 Å². The number of ether oxygens (including phenoxy) is 3. The largest absolute Gasteiger partial charge is 0.462 e. The summed E-state index contributed by atoms with van der Waals surface area (Å²) in [6.07, 6.45) is 80.0. The molecule has 0 aromatic heterocycles. The van der Waals surface area contributed by atoms with E-state index in [2.05, 4.69) is 69.4 Å². The Morgan fingerprint density at radius 2 is 0.480 bits per heavy atom. The molecule has 1 atom stereocenters. The van der Waals surface area contributed by atoms with Crippen LogP contribution in [-0.2, 0) is 28.6 Å². The van der Waals surface area contributed by atoms with E-state index in [1.165, 1.54) is 225 Å². The molecule has 6 nitrogen and oxygen atoms in total. The number of hydrogen-bond donors (Lipinski definition) is 0. The second-order valence-electron chi connectivity index (χ2n) is 22.4. The van der Waals surface area contributed by atoms with Crippen LogP contribution in [0.15, 0.2) is 48.6 Å². The summed E-state index contributed by atoms with van der Waals surface area (Å²) >= 11 is 0. The van der Waals surface area contributed by atoms with Crippen LogP contribution in [-0.4, -0.2) is 37.2 Å². The van der Waals surface area contributed by atoms with Gasteiger partial charge in [-0.3, -0.25) is 14.4 Å². The Bertz CT molecular complexity index is 1300. The van der Waals surface area contributed by atoms with Crippen LogP contribution in [0, 0.1) is 0 Å². The minimum atomic E-state index is -0.777. The highest BCUT2D eigenvalue weighted by molar-refractivity contribution is 5.71. The van der Waals surface area contributed by atoms with Crippen LogP contribution < -0.4 is 0 Å². The third-order valence-corrected chi connectivity index (χ3v) is 14.8. The van der Waals surface area contributed by atoms with Crippen LogP contribution in [0.5, 0.6) is 0 Å². The third-order valence-electron chi connectivity index (χ3n) is 14.8. The molecule has 0 bridgehead atoms. The van der Waals surface area contributed by atoms with Crippen molar-refractivity contribution in [3.8, 4) is 0 Å². The van der Waals surface area contributed by atoms with Crippen molar-refractivity contribution in [3.05, 3.63) is 48.6 Å². The van der Waals surface area contributed by atoms with E-state index in [1.54, 1.807) is 0 Å². The van der Waals surface area contributed by atoms with Crippen molar-refractivity contribution < 1.29 is 28.6 Å². The highest BCUT2D eigenvalue weighted by Gasteiger charge is 2.19. The fraction of sp³-hybridized carbons (Fsp3) is 0.841. The van der Waals surface area contributed by atoms with Crippen LogP contribution >= 0.6 is 0 Å². The number of esters is 3. The maximum absolute atomic E-state index is 12.9. The molecule has 6 heteroatoms. The van der Waals surface area contributed by atoms with Crippen LogP contribution in [0.3, 0.4) is 0 Å². The van der Waals surface area contributed by atoms with Gasteiger partial charge >= 0.3 is 17.9 Å². The van der Waals surface area contributed by atoms with Gasteiger partial charge < -0.3 is 14.2 Å². The predicted octanol–water partition coefficient (Wildman–Crippen LogP) is 22.6. The summed E-state index contributed by atoms with van der Waals surface area (Å²) in [5.74, 6) is -0.870. The smallest absolute Gasteiger partial charge is 0.306 e. The molecule has 0 saturated heterocycles. The second-order valence-corrected chi connectivity index (χ2v) is 22.4. The highest BCUT2D eigenvalue weighted by Crippen LogP contribution is 2.17. The Morgan fingerprint density at radius 3 is 0.747 bits per heavy atom. The molecule has 1 unspecified atom stereocenters. The Labute approximate surface area is 467 Å². The van der Waals surface area contributed by atoms with Gasteiger partial charge in [0.15, 0.2) is 6.10 Å². The van der Waals surface area contributed by atoms with E-state index in [0.29, 0.717) is 19.3 Å². The van der Waals surface area contributed by atoms with Gasteiger partial charge in [-0.1, -0.05) is 301 Å². The summed E-state index contributed by atoms with van der Waals surface area (Å²) in [6, 6.07) is 0. The zero-order chi connectivity index (χ0) is 54.3. The van der Waals surface area contributed by atoms with Crippen molar-refractivity contribution in [2.24, 2.45) is 0 Å². The number of carbonyl (C=O) groups excluding carboxylic acids is 3. The first-order chi connectivity index (χ1) is 37.0. The number of allylic oxidation sites excluding steroid dienone is 8. The number of carbonyl (C=O) groups is 3. The summed E-state index contributed by atoms with van der Waals surface area (Å²) in [5, 5.41) is 0. The molecule has 0 radical (unpaired) electrons. The first kappa shape index (κ1) is 72.4. The van der Waals surface area contributed by atoms with Crippen LogP contribution in [0.1, 0.15) is 355 Å². The van der Waals surface area contributed by atoms with E-state index < -0.39 is 6.10 Å². The molecule has 0 aromatic rings. The lowest BCUT2D eigenvalue weighted by atomic mass is 10.0. The van der Waals surface area contributed by atoms with Crippen molar-refractivity contribution in [2.75, 3.05) is 13.2 Å². The minimum Gasteiger partial charge on any atom is -0.462 e.